The second-order valence-electron chi connectivity index (χ2n) is 11.1. The first kappa shape index (κ1) is 42.6. The molecule has 2 aliphatic rings. The molecule has 0 aromatic carbocycles. The minimum Gasteiger partial charge on any atom is -0.384 e. The summed E-state index contributed by atoms with van der Waals surface area (Å²) in [6.45, 7) is 8.53. The molecule has 2 bridgehead atoms. The lowest BCUT2D eigenvalue weighted by Crippen LogP contribution is -2.45. The highest BCUT2D eigenvalue weighted by atomic mass is 16.2. The minimum absolute atomic E-state index is 0. The number of likely N-dealkylation sites (N-methyl/N-ethyl adjacent to an activating group) is 1. The van der Waals surface area contributed by atoms with E-state index in [0.717, 1.165) is 23.8 Å². The van der Waals surface area contributed by atoms with Gasteiger partial charge < -0.3 is 35.4 Å². The van der Waals surface area contributed by atoms with Crippen LogP contribution in [0.3, 0.4) is 0 Å². The van der Waals surface area contributed by atoms with Crippen molar-refractivity contribution in [1.29, 1.82) is 0 Å². The molecular formula is C35H54N6O6. The maximum absolute atomic E-state index is 11.8. The third-order valence-corrected chi connectivity index (χ3v) is 8.11. The summed E-state index contributed by atoms with van der Waals surface area (Å²) in [5.74, 6) is 1.19. The second kappa shape index (κ2) is 23.8. The zero-order chi connectivity index (χ0) is 34.5. The van der Waals surface area contributed by atoms with Crippen molar-refractivity contribution < 1.29 is 24.0 Å². The van der Waals surface area contributed by atoms with Crippen LogP contribution in [-0.2, 0) is 25.7 Å². The van der Waals surface area contributed by atoms with Crippen molar-refractivity contribution in [3.8, 4) is 0 Å². The van der Waals surface area contributed by atoms with Crippen LogP contribution in [0.1, 0.15) is 69.7 Å². The number of aldehydes is 2. The van der Waals surface area contributed by atoms with Crippen LogP contribution in [0.15, 0.2) is 60.8 Å². The van der Waals surface area contributed by atoms with Crippen LogP contribution in [0.25, 0.3) is 0 Å². The van der Waals surface area contributed by atoms with Crippen LogP contribution in [0.4, 0.5) is 5.69 Å². The van der Waals surface area contributed by atoms with Crippen molar-refractivity contribution in [1.82, 2.24) is 25.5 Å². The van der Waals surface area contributed by atoms with Gasteiger partial charge in [-0.15, -0.1) is 13.2 Å². The fraction of sp³-hybridized carbons (Fsp3) is 0.514. The van der Waals surface area contributed by atoms with Crippen LogP contribution in [0.5, 0.6) is 0 Å². The normalized spacial score (nSPS) is 19.4. The van der Waals surface area contributed by atoms with E-state index >= 15 is 0 Å². The van der Waals surface area contributed by atoms with Crippen LogP contribution in [0.2, 0.25) is 0 Å². The maximum atomic E-state index is 11.8. The highest BCUT2D eigenvalue weighted by molar-refractivity contribution is 6.36. The van der Waals surface area contributed by atoms with Gasteiger partial charge in [0.05, 0.1) is 18.2 Å². The first-order valence-corrected chi connectivity index (χ1v) is 15.6. The number of carbonyl (C=O) groups excluding carboxylic acids is 5. The van der Waals surface area contributed by atoms with Gasteiger partial charge in [0.25, 0.3) is 17.4 Å². The number of hydrogen-bond acceptors (Lipinski definition) is 9. The maximum Gasteiger partial charge on any atom is 0.287 e. The quantitative estimate of drug-likeness (QED) is 0.161. The SMILES string of the molecule is C.C=C.CNC(=O)C(=O)CCC(C=O)NC(=O)c1cccnc1.CNC1C(C)CC2CCCC1C2.CNc1cccn(CC=O)c1=O. The highest BCUT2D eigenvalue weighted by Crippen LogP contribution is 2.42. The number of pyridine rings is 2. The lowest BCUT2D eigenvalue weighted by atomic mass is 9.66. The zero-order valence-electron chi connectivity index (χ0n) is 27.5. The van der Waals surface area contributed by atoms with Gasteiger partial charge in [-0.05, 0) is 74.8 Å². The summed E-state index contributed by atoms with van der Waals surface area (Å²) in [7, 11) is 5.15. The molecule has 2 saturated carbocycles. The average Bonchev–Trinajstić information content (AvgIpc) is 3.09. The van der Waals surface area contributed by atoms with Crippen LogP contribution >= 0.6 is 0 Å². The molecular weight excluding hydrogens is 600 g/mol. The van der Waals surface area contributed by atoms with E-state index in [1.54, 1.807) is 37.5 Å². The van der Waals surface area contributed by atoms with E-state index in [-0.39, 0.29) is 32.4 Å². The van der Waals surface area contributed by atoms with Crippen molar-refractivity contribution in [3.05, 3.63) is 71.9 Å². The fourth-order valence-corrected chi connectivity index (χ4v) is 5.94. The number of ketones is 1. The summed E-state index contributed by atoms with van der Waals surface area (Å²) in [6.07, 6.45) is 13.1. The summed E-state index contributed by atoms with van der Waals surface area (Å²) in [5.41, 5.74) is 0.642. The highest BCUT2D eigenvalue weighted by Gasteiger charge is 2.36. The predicted octanol–water partition coefficient (Wildman–Crippen LogP) is 3.42. The summed E-state index contributed by atoms with van der Waals surface area (Å²) < 4.78 is 1.35. The number of nitrogens with one attached hydrogen (secondary N) is 4. The molecule has 2 amide bonds. The monoisotopic (exact) mass is 654 g/mol. The van der Waals surface area contributed by atoms with E-state index in [2.05, 4.69) is 53.4 Å². The Morgan fingerprint density at radius 3 is 2.38 bits per heavy atom. The Hall–Kier alpha value is -4.45. The van der Waals surface area contributed by atoms with Crippen molar-refractivity contribution in [2.75, 3.05) is 26.5 Å². The van der Waals surface area contributed by atoms with Gasteiger partial charge in [0.15, 0.2) is 0 Å². The Morgan fingerprint density at radius 1 is 1.09 bits per heavy atom. The summed E-state index contributed by atoms with van der Waals surface area (Å²) in [4.78, 5) is 70.2. The number of amides is 2. The van der Waals surface area contributed by atoms with E-state index in [9.17, 15) is 28.8 Å². The fourth-order valence-electron chi connectivity index (χ4n) is 5.94. The predicted molar refractivity (Wildman–Crippen MR) is 186 cm³/mol. The molecule has 5 atom stereocenters. The van der Waals surface area contributed by atoms with Crippen molar-refractivity contribution in [3.63, 3.8) is 0 Å². The number of nitrogens with zero attached hydrogens (tertiary/aromatic N) is 2. The van der Waals surface area contributed by atoms with Gasteiger partial charge >= 0.3 is 0 Å². The van der Waals surface area contributed by atoms with Gasteiger partial charge in [0.1, 0.15) is 18.3 Å². The van der Waals surface area contributed by atoms with Crippen LogP contribution in [0, 0.1) is 17.8 Å². The minimum atomic E-state index is -0.823. The summed E-state index contributed by atoms with van der Waals surface area (Å²) in [6, 6.07) is 6.54. The molecule has 0 radical (unpaired) electrons. The molecule has 12 heteroatoms. The molecule has 2 aromatic rings. The first-order valence-electron chi connectivity index (χ1n) is 15.6. The Morgan fingerprint density at radius 2 is 1.81 bits per heavy atom. The third-order valence-electron chi connectivity index (χ3n) is 8.11. The number of hydrogen-bond donors (Lipinski definition) is 4. The number of carbonyl (C=O) groups is 5. The largest absolute Gasteiger partial charge is 0.384 e. The van der Waals surface area contributed by atoms with E-state index in [1.807, 2.05) is 0 Å². The average molecular weight is 655 g/mol. The number of rotatable bonds is 11. The van der Waals surface area contributed by atoms with Gasteiger partial charge in [-0.1, -0.05) is 27.2 Å². The topological polar surface area (TPSA) is 168 Å². The molecule has 4 rings (SSSR count). The van der Waals surface area contributed by atoms with Crippen LogP contribution in [-0.4, -0.2) is 72.9 Å². The van der Waals surface area contributed by atoms with E-state index in [0.29, 0.717) is 23.8 Å². The van der Waals surface area contributed by atoms with Gasteiger partial charge in [-0.25, -0.2) is 0 Å². The molecule has 5 unspecified atom stereocenters. The third kappa shape index (κ3) is 14.2. The smallest absolute Gasteiger partial charge is 0.287 e. The van der Waals surface area contributed by atoms with Crippen molar-refractivity contribution in [2.24, 2.45) is 17.8 Å². The second-order valence-corrected chi connectivity index (χ2v) is 11.1. The molecule has 0 aliphatic heterocycles. The first-order chi connectivity index (χ1) is 22.2. The summed E-state index contributed by atoms with van der Waals surface area (Å²) >= 11 is 0. The number of anilines is 1. The van der Waals surface area contributed by atoms with Gasteiger partial charge in [-0.3, -0.25) is 24.2 Å². The Kier molecular flexibility index (Phi) is 21.6. The Labute approximate surface area is 279 Å². The molecule has 260 valence electrons. The Balaban J connectivity index is 0.000000680. The number of Topliss-reactive ketones (excluding diaryl/α,β-unsaturated/α-hetero) is 1. The molecule has 4 N–H and O–H groups in total. The molecule has 2 aromatic heterocycles. The van der Waals surface area contributed by atoms with Crippen LogP contribution < -0.4 is 26.8 Å². The van der Waals surface area contributed by atoms with Gasteiger partial charge in [0.2, 0.25) is 5.78 Å². The molecule has 2 fully saturated rings. The van der Waals surface area contributed by atoms with Crippen molar-refractivity contribution >= 4 is 35.9 Å². The zero-order valence-corrected chi connectivity index (χ0v) is 27.5. The Bertz CT molecular complexity index is 1300. The van der Waals surface area contributed by atoms with Crippen molar-refractivity contribution in [2.45, 2.75) is 77.9 Å². The molecule has 0 spiro atoms. The van der Waals surface area contributed by atoms with E-state index in [4.69, 9.17) is 0 Å². The lowest BCUT2D eigenvalue weighted by molar-refractivity contribution is -0.137. The molecule has 12 nitrogen and oxygen atoms in total. The molecule has 47 heavy (non-hydrogen) atoms. The standard InChI is InChI=1S/C13H15N3O4.C11H21N.C8H10N2O2.C2H4.CH4/c1-14-13(20)11(18)5-4-10(8-17)16-12(19)9-3-2-6-15-7-9;1-8-6-9-4-3-5-10(7-9)11(8)12-2;1-9-7-3-2-4-10(5-6-11)8(7)12;1-2;/h2-3,6-8,10H,4-5H2,1H3,(H,14,20)(H,16,19);8-12H,3-7H2,1-2H3;2-4,6,9H,5H2,1H3;1-2H2;1H4. The van der Waals surface area contributed by atoms with E-state index < -0.39 is 23.6 Å². The van der Waals surface area contributed by atoms with Gasteiger partial charge in [0, 0.05) is 45.1 Å². The molecule has 2 heterocycles. The lowest BCUT2D eigenvalue weighted by Gasteiger charge is -2.44. The molecule has 2 aliphatic carbocycles. The molecule has 0 saturated heterocycles. The van der Waals surface area contributed by atoms with E-state index in [1.165, 1.54) is 56.1 Å². The number of fused-ring (bicyclic) bond motifs is 2. The van der Waals surface area contributed by atoms with Gasteiger partial charge in [-0.2, -0.15) is 0 Å². The summed E-state index contributed by atoms with van der Waals surface area (Å²) in [5, 5.41) is 10.9. The number of aromatic nitrogens is 2.